The molecule has 0 aliphatic carbocycles. The van der Waals surface area contributed by atoms with Crippen LogP contribution in [0.4, 0.5) is 0 Å². The molecule has 4 heterocycles. The summed E-state index contributed by atoms with van der Waals surface area (Å²) in [6.45, 7) is 5.95. The van der Waals surface area contributed by atoms with Crippen LogP contribution in [0.2, 0.25) is 0 Å². The molecule has 8 rings (SSSR count). The second kappa shape index (κ2) is 20.8. The van der Waals surface area contributed by atoms with E-state index in [1.807, 2.05) is 74.5 Å². The van der Waals surface area contributed by atoms with E-state index in [0.29, 0.717) is 48.9 Å². The van der Waals surface area contributed by atoms with Gasteiger partial charge in [0.25, 0.3) is 11.8 Å². The molecule has 4 aromatic carbocycles. The van der Waals surface area contributed by atoms with E-state index in [9.17, 15) is 19.2 Å². The largest absolute Gasteiger partial charge is 0.489 e. The number of ether oxygens (including phenoxy) is 2. The predicted octanol–water partition coefficient (Wildman–Crippen LogP) is 7.63. The number of piperidine rings is 1. The number of hydrogen-bond acceptors (Lipinski definition) is 10. The number of fused-ring (bicyclic) bond motifs is 2. The second-order valence-electron chi connectivity index (χ2n) is 15.9. The Morgan fingerprint density at radius 2 is 1.00 bits per heavy atom. The number of likely N-dealkylation sites (tertiary alicyclic amines) is 2. The number of carbonyl (C=O) groups excluding carboxylic acids is 4. The van der Waals surface area contributed by atoms with Crippen LogP contribution in [0.25, 0.3) is 21.8 Å². The minimum absolute atomic E-state index is 0.0999. The van der Waals surface area contributed by atoms with Crippen LogP contribution in [-0.2, 0) is 22.8 Å². The van der Waals surface area contributed by atoms with Crippen molar-refractivity contribution in [2.75, 3.05) is 13.1 Å². The Labute approximate surface area is 365 Å². The van der Waals surface area contributed by atoms with Crippen molar-refractivity contribution in [1.82, 2.24) is 30.7 Å². The van der Waals surface area contributed by atoms with Crippen molar-refractivity contribution in [3.05, 3.63) is 143 Å². The zero-order valence-corrected chi connectivity index (χ0v) is 35.5. The Morgan fingerprint density at radius 1 is 0.587 bits per heavy atom. The summed E-state index contributed by atoms with van der Waals surface area (Å²) in [4.78, 5) is 61.6. The fraction of sp³-hybridized carbons (Fsp3) is 0.306. The average molecular weight is 853 g/mol. The van der Waals surface area contributed by atoms with E-state index in [1.165, 1.54) is 0 Å². The van der Waals surface area contributed by atoms with Crippen molar-refractivity contribution in [2.24, 2.45) is 0 Å². The van der Waals surface area contributed by atoms with Gasteiger partial charge in [0, 0.05) is 82.4 Å². The van der Waals surface area contributed by atoms with Crippen LogP contribution >= 0.6 is 0 Å². The molecule has 6 aromatic rings. The van der Waals surface area contributed by atoms with Crippen LogP contribution in [0, 0.1) is 13.8 Å². The van der Waals surface area contributed by atoms with E-state index in [-0.39, 0.29) is 36.7 Å². The number of pyridine rings is 2. The summed E-state index contributed by atoms with van der Waals surface area (Å²) in [5, 5.41) is 19.7. The van der Waals surface area contributed by atoms with Crippen molar-refractivity contribution in [3.63, 3.8) is 0 Å². The zero-order valence-electron chi connectivity index (χ0n) is 35.5. The van der Waals surface area contributed by atoms with E-state index < -0.39 is 11.8 Å². The lowest BCUT2D eigenvalue weighted by Gasteiger charge is -2.35. The minimum atomic E-state index is -0.479. The molecule has 2 aromatic heterocycles. The summed E-state index contributed by atoms with van der Waals surface area (Å²) in [6.07, 6.45) is 4.41. The van der Waals surface area contributed by atoms with Crippen molar-refractivity contribution < 1.29 is 39.1 Å². The Morgan fingerprint density at radius 3 is 1.44 bits per heavy atom. The van der Waals surface area contributed by atoms with Crippen LogP contribution in [0.15, 0.2) is 109 Å². The van der Waals surface area contributed by atoms with Gasteiger partial charge in [-0.3, -0.25) is 39.6 Å². The minimum Gasteiger partial charge on any atom is -0.489 e. The summed E-state index contributed by atoms with van der Waals surface area (Å²) >= 11 is 0. The van der Waals surface area contributed by atoms with E-state index >= 15 is 0 Å². The lowest BCUT2D eigenvalue weighted by atomic mass is 9.98. The number of hydrogen-bond donors (Lipinski definition) is 4. The molecule has 4 N–H and O–H groups in total. The third-order valence-electron chi connectivity index (χ3n) is 11.5. The molecule has 2 fully saturated rings. The van der Waals surface area contributed by atoms with Crippen molar-refractivity contribution >= 4 is 45.4 Å². The summed E-state index contributed by atoms with van der Waals surface area (Å²) in [7, 11) is 0. The van der Waals surface area contributed by atoms with Gasteiger partial charge in [0.15, 0.2) is 0 Å². The number of benzene rings is 4. The number of nitrogens with zero attached hydrogens (tertiary/aromatic N) is 4. The van der Waals surface area contributed by atoms with Gasteiger partial charge < -0.3 is 19.3 Å². The molecule has 0 radical (unpaired) electrons. The number of aryl methyl sites for hydroxylation is 2. The molecule has 14 heteroatoms. The maximum absolute atomic E-state index is 13.0. The normalized spacial score (nSPS) is 15.9. The van der Waals surface area contributed by atoms with E-state index in [2.05, 4.69) is 9.97 Å². The number of carbonyl (C=O) groups is 4. The molecule has 2 aliphatic rings. The molecule has 0 bridgehead atoms. The summed E-state index contributed by atoms with van der Waals surface area (Å²) in [5.74, 6) is 0.172. The third-order valence-corrected chi connectivity index (χ3v) is 11.5. The van der Waals surface area contributed by atoms with Crippen LogP contribution in [0.5, 0.6) is 11.5 Å². The number of rotatable bonds is 12. The number of nitrogens with one attached hydrogen (secondary N) is 2. The summed E-state index contributed by atoms with van der Waals surface area (Å²) in [5.41, 5.74) is 10.3. The fourth-order valence-electron chi connectivity index (χ4n) is 8.38. The first-order chi connectivity index (χ1) is 30.6. The molecule has 14 nitrogen and oxygen atoms in total. The number of amides is 4. The number of aromatic nitrogens is 2. The monoisotopic (exact) mass is 852 g/mol. The van der Waals surface area contributed by atoms with Crippen molar-refractivity contribution in [3.8, 4) is 11.5 Å². The van der Waals surface area contributed by atoms with Gasteiger partial charge in [0.1, 0.15) is 24.7 Å². The number of hydroxylamine groups is 2. The quantitative estimate of drug-likeness (QED) is 0.0705. The van der Waals surface area contributed by atoms with Gasteiger partial charge >= 0.3 is 0 Å². The van der Waals surface area contributed by atoms with E-state index in [0.717, 1.165) is 76.4 Å². The molecule has 0 spiro atoms. The highest BCUT2D eigenvalue weighted by Gasteiger charge is 2.31. The van der Waals surface area contributed by atoms with E-state index in [4.69, 9.17) is 19.9 Å². The van der Waals surface area contributed by atoms with Gasteiger partial charge in [-0.15, -0.1) is 0 Å². The summed E-state index contributed by atoms with van der Waals surface area (Å²) < 4.78 is 12.0. The average Bonchev–Trinajstić information content (AvgIpc) is 3.77. The first kappa shape index (κ1) is 44.2. The standard InChI is InChI=1S/C25H27N3O4.C24H25N3O4/c1-17-14-19(22-7-2-3-8-23(22)26-17)16-32-21-11-9-18(10-12-21)25(30)28-13-5-4-6-20(28)15-24(29)27-31;1-16-13-18(21-6-2-3-7-22(21)25-16)15-31-20-10-8-17(9-11-20)24(29)27-12-4-5-19(27)14-23(28)26-30/h2-3,7-12,14,20,31H,4-6,13,15-16H2,1H3,(H,27,29);2-3,6-11,13,19,30H,4-5,12,14-15H2,1H3,(H,26,28). The predicted molar refractivity (Wildman–Crippen MR) is 236 cm³/mol. The van der Waals surface area contributed by atoms with Crippen molar-refractivity contribution in [2.45, 2.75) is 84.1 Å². The lowest BCUT2D eigenvalue weighted by Crippen LogP contribution is -2.45. The Balaban J connectivity index is 0.000000189. The maximum Gasteiger partial charge on any atom is 0.254 e. The van der Waals surface area contributed by atoms with Crippen molar-refractivity contribution in [1.29, 1.82) is 0 Å². The molecular formula is C49H52N6O8. The Hall–Kier alpha value is -6.90. The smallest absolute Gasteiger partial charge is 0.254 e. The molecule has 2 atom stereocenters. The fourth-order valence-corrected chi connectivity index (χ4v) is 8.38. The maximum atomic E-state index is 13.0. The second-order valence-corrected chi connectivity index (χ2v) is 15.9. The van der Waals surface area contributed by atoms with Gasteiger partial charge in [0.2, 0.25) is 11.8 Å². The first-order valence-corrected chi connectivity index (χ1v) is 21.2. The number of para-hydroxylation sites is 2. The Kier molecular flexibility index (Phi) is 14.6. The van der Waals surface area contributed by atoms with Crippen LogP contribution in [-0.4, -0.2) is 79.0 Å². The lowest BCUT2D eigenvalue weighted by molar-refractivity contribution is -0.131. The topological polar surface area (TPSA) is 184 Å². The highest BCUT2D eigenvalue weighted by Crippen LogP contribution is 2.27. The molecule has 2 aliphatic heterocycles. The third kappa shape index (κ3) is 11.1. The molecule has 2 saturated heterocycles. The van der Waals surface area contributed by atoms with Crippen LogP contribution in [0.1, 0.15) is 88.2 Å². The molecule has 4 amide bonds. The highest BCUT2D eigenvalue weighted by atomic mass is 16.5. The Bertz CT molecular complexity index is 2570. The van der Waals surface area contributed by atoms with Gasteiger partial charge in [-0.05, 0) is 119 Å². The molecule has 0 saturated carbocycles. The highest BCUT2D eigenvalue weighted by molar-refractivity contribution is 5.96. The van der Waals surface area contributed by atoms with Crippen LogP contribution < -0.4 is 20.4 Å². The molecule has 63 heavy (non-hydrogen) atoms. The molecule has 326 valence electrons. The van der Waals surface area contributed by atoms with Gasteiger partial charge in [0.05, 0.1) is 11.0 Å². The zero-order chi connectivity index (χ0) is 44.3. The summed E-state index contributed by atoms with van der Waals surface area (Å²) in [6, 6.07) is 33.8. The van der Waals surface area contributed by atoms with Gasteiger partial charge in [-0.25, -0.2) is 11.0 Å². The molecule has 2 unspecified atom stereocenters. The SMILES string of the molecule is Cc1cc(COc2ccc(C(=O)N3CCCC3CC(=O)NO)cc2)c2ccccc2n1.Cc1cc(COc2ccc(C(=O)N3CCCCC3CC(=O)NO)cc2)c2ccccc2n1. The van der Waals surface area contributed by atoms with Gasteiger partial charge in [-0.1, -0.05) is 36.4 Å². The van der Waals surface area contributed by atoms with Gasteiger partial charge in [-0.2, -0.15) is 0 Å². The van der Waals surface area contributed by atoms with Crippen LogP contribution in [0.3, 0.4) is 0 Å². The molecular weight excluding hydrogens is 801 g/mol. The van der Waals surface area contributed by atoms with E-state index in [1.54, 1.807) is 69.3 Å². The first-order valence-electron chi connectivity index (χ1n) is 21.2.